The molecule has 1 fully saturated rings. The Balaban J connectivity index is 1.21. The van der Waals surface area contributed by atoms with Gasteiger partial charge in [0.2, 0.25) is 5.91 Å². The fraction of sp³-hybridized carbons (Fsp3) is 0.357. The van der Waals surface area contributed by atoms with E-state index in [1.807, 2.05) is 54.6 Å². The van der Waals surface area contributed by atoms with Crippen molar-refractivity contribution >= 4 is 23.5 Å². The number of aryl methyl sites for hydroxylation is 1. The van der Waals surface area contributed by atoms with Crippen molar-refractivity contribution in [3.63, 3.8) is 0 Å². The second-order valence-electron chi connectivity index (χ2n) is 9.40. The van der Waals surface area contributed by atoms with Crippen LogP contribution >= 0.6 is 0 Å². The standard InChI is InChI=1S/C28H32N4O4/c1-19-25(18-32(31-19)24-5-3-2-4-6-24)28(36)29-16-15-26(33)30-23-13-11-22(12-14-23)21-9-7-20(8-10-21)17-27(34)35/h2-6,11-14,18,20-21H,7-10,15-17H2,1H3,(H,29,36)(H,30,33)(H,34,35). The average molecular weight is 489 g/mol. The molecule has 8 nitrogen and oxygen atoms in total. The highest BCUT2D eigenvalue weighted by Crippen LogP contribution is 2.37. The normalized spacial score (nSPS) is 17.4. The monoisotopic (exact) mass is 488 g/mol. The number of nitrogens with zero attached hydrogens (tertiary/aromatic N) is 2. The van der Waals surface area contributed by atoms with Crippen molar-refractivity contribution < 1.29 is 19.5 Å². The number of hydrogen-bond acceptors (Lipinski definition) is 4. The lowest BCUT2D eigenvalue weighted by Gasteiger charge is -2.28. The molecule has 188 valence electrons. The highest BCUT2D eigenvalue weighted by atomic mass is 16.4. The van der Waals surface area contributed by atoms with E-state index in [1.165, 1.54) is 5.56 Å². The number of carbonyl (C=O) groups excluding carboxylic acids is 2. The maximum atomic E-state index is 12.6. The summed E-state index contributed by atoms with van der Waals surface area (Å²) in [5.41, 5.74) is 3.91. The summed E-state index contributed by atoms with van der Waals surface area (Å²) < 4.78 is 1.67. The fourth-order valence-electron chi connectivity index (χ4n) is 4.79. The van der Waals surface area contributed by atoms with Gasteiger partial charge in [-0.15, -0.1) is 0 Å². The molecule has 1 aliphatic carbocycles. The second kappa shape index (κ2) is 11.7. The molecule has 36 heavy (non-hydrogen) atoms. The third-order valence-electron chi connectivity index (χ3n) is 6.78. The number of amides is 2. The van der Waals surface area contributed by atoms with Gasteiger partial charge in [0.1, 0.15) is 0 Å². The Bertz CT molecular complexity index is 1200. The molecule has 0 atom stereocenters. The molecule has 2 amide bonds. The number of aromatic nitrogens is 2. The van der Waals surface area contributed by atoms with Gasteiger partial charge in [0, 0.05) is 31.3 Å². The Morgan fingerprint density at radius 3 is 2.36 bits per heavy atom. The minimum absolute atomic E-state index is 0.160. The van der Waals surface area contributed by atoms with Crippen LogP contribution in [0.25, 0.3) is 5.69 Å². The lowest BCUT2D eigenvalue weighted by molar-refractivity contribution is -0.138. The van der Waals surface area contributed by atoms with E-state index in [1.54, 1.807) is 17.8 Å². The zero-order valence-corrected chi connectivity index (χ0v) is 20.4. The summed E-state index contributed by atoms with van der Waals surface area (Å²) in [6.07, 6.45) is 5.98. The van der Waals surface area contributed by atoms with E-state index >= 15 is 0 Å². The van der Waals surface area contributed by atoms with E-state index in [0.29, 0.717) is 17.2 Å². The number of carboxylic acids is 1. The molecular formula is C28H32N4O4. The smallest absolute Gasteiger partial charge is 0.303 e. The number of rotatable bonds is 9. The minimum atomic E-state index is -0.715. The Hall–Kier alpha value is -3.94. The fourth-order valence-corrected chi connectivity index (χ4v) is 4.79. The van der Waals surface area contributed by atoms with Crippen LogP contribution in [0.2, 0.25) is 0 Å². The first-order chi connectivity index (χ1) is 17.4. The quantitative estimate of drug-likeness (QED) is 0.404. The molecule has 0 unspecified atom stereocenters. The van der Waals surface area contributed by atoms with Crippen LogP contribution in [0.15, 0.2) is 60.8 Å². The molecule has 4 rings (SSSR count). The van der Waals surface area contributed by atoms with E-state index in [-0.39, 0.29) is 37.1 Å². The van der Waals surface area contributed by atoms with Gasteiger partial charge in [-0.05, 0) is 74.3 Å². The van der Waals surface area contributed by atoms with Crippen LogP contribution in [-0.4, -0.2) is 39.2 Å². The van der Waals surface area contributed by atoms with Crippen LogP contribution in [-0.2, 0) is 9.59 Å². The summed E-state index contributed by atoms with van der Waals surface area (Å²) >= 11 is 0. The summed E-state index contributed by atoms with van der Waals surface area (Å²) in [4.78, 5) is 35.9. The molecule has 1 heterocycles. The van der Waals surface area contributed by atoms with Crippen LogP contribution < -0.4 is 10.6 Å². The minimum Gasteiger partial charge on any atom is -0.481 e. The van der Waals surface area contributed by atoms with Crippen molar-refractivity contribution in [1.29, 1.82) is 0 Å². The van der Waals surface area contributed by atoms with Gasteiger partial charge >= 0.3 is 5.97 Å². The van der Waals surface area contributed by atoms with E-state index in [9.17, 15) is 14.4 Å². The van der Waals surface area contributed by atoms with Gasteiger partial charge in [0.25, 0.3) is 5.91 Å². The summed E-state index contributed by atoms with van der Waals surface area (Å²) in [6.45, 7) is 2.00. The molecule has 3 N–H and O–H groups in total. The van der Waals surface area contributed by atoms with Gasteiger partial charge in [-0.1, -0.05) is 30.3 Å². The summed E-state index contributed by atoms with van der Waals surface area (Å²) in [7, 11) is 0. The van der Waals surface area contributed by atoms with Crippen LogP contribution in [0, 0.1) is 12.8 Å². The molecule has 2 aromatic carbocycles. The van der Waals surface area contributed by atoms with Crippen molar-refractivity contribution in [1.82, 2.24) is 15.1 Å². The Morgan fingerprint density at radius 1 is 1.00 bits per heavy atom. The van der Waals surface area contributed by atoms with Gasteiger partial charge in [-0.2, -0.15) is 5.10 Å². The third-order valence-corrected chi connectivity index (χ3v) is 6.78. The molecular weight excluding hydrogens is 456 g/mol. The lowest BCUT2D eigenvalue weighted by Crippen LogP contribution is -2.27. The SMILES string of the molecule is Cc1nn(-c2ccccc2)cc1C(=O)NCCC(=O)Nc1ccc(C2CCC(CC(=O)O)CC2)cc1. The molecule has 1 saturated carbocycles. The summed E-state index contributed by atoms with van der Waals surface area (Å²) in [5.74, 6) is -0.433. The molecule has 1 aromatic heterocycles. The first kappa shape index (κ1) is 25.2. The summed E-state index contributed by atoms with van der Waals surface area (Å²) in [5, 5.41) is 19.1. The number of nitrogens with one attached hydrogen (secondary N) is 2. The van der Waals surface area contributed by atoms with E-state index in [4.69, 9.17) is 5.11 Å². The highest BCUT2D eigenvalue weighted by Gasteiger charge is 2.24. The predicted octanol–water partition coefficient (Wildman–Crippen LogP) is 4.69. The third kappa shape index (κ3) is 6.59. The van der Waals surface area contributed by atoms with E-state index in [0.717, 1.165) is 37.1 Å². The predicted molar refractivity (Wildman–Crippen MR) is 137 cm³/mol. The first-order valence-corrected chi connectivity index (χ1v) is 12.4. The highest BCUT2D eigenvalue weighted by molar-refractivity contribution is 5.96. The topological polar surface area (TPSA) is 113 Å². The molecule has 0 bridgehead atoms. The maximum Gasteiger partial charge on any atom is 0.303 e. The number of para-hydroxylation sites is 1. The average Bonchev–Trinajstić information content (AvgIpc) is 3.27. The van der Waals surface area contributed by atoms with Crippen molar-refractivity contribution in [2.75, 3.05) is 11.9 Å². The summed E-state index contributed by atoms with van der Waals surface area (Å²) in [6, 6.07) is 17.4. The lowest BCUT2D eigenvalue weighted by atomic mass is 9.77. The van der Waals surface area contributed by atoms with Gasteiger partial charge in [-0.3, -0.25) is 14.4 Å². The molecule has 8 heteroatoms. The largest absolute Gasteiger partial charge is 0.481 e. The number of carboxylic acid groups (broad SMARTS) is 1. The van der Waals surface area contributed by atoms with Gasteiger partial charge in [-0.25, -0.2) is 4.68 Å². The number of carbonyl (C=O) groups is 3. The Kier molecular flexibility index (Phi) is 8.15. The van der Waals surface area contributed by atoms with Crippen LogP contribution in [0.3, 0.4) is 0 Å². The zero-order valence-electron chi connectivity index (χ0n) is 20.4. The Labute approximate surface area is 210 Å². The van der Waals surface area contributed by atoms with E-state index in [2.05, 4.69) is 15.7 Å². The van der Waals surface area contributed by atoms with Crippen molar-refractivity contribution in [2.45, 2.75) is 51.4 Å². The van der Waals surface area contributed by atoms with Crippen LogP contribution in [0.1, 0.15) is 66.1 Å². The number of benzene rings is 2. The van der Waals surface area contributed by atoms with Gasteiger partial charge in [0.15, 0.2) is 0 Å². The molecule has 0 aliphatic heterocycles. The molecule has 0 radical (unpaired) electrons. The number of hydrogen-bond donors (Lipinski definition) is 3. The maximum absolute atomic E-state index is 12.6. The van der Waals surface area contributed by atoms with Crippen LogP contribution in [0.4, 0.5) is 5.69 Å². The number of aliphatic carboxylic acids is 1. The van der Waals surface area contributed by atoms with Crippen LogP contribution in [0.5, 0.6) is 0 Å². The molecule has 0 saturated heterocycles. The van der Waals surface area contributed by atoms with Crippen molar-refractivity contribution in [3.8, 4) is 5.69 Å². The molecule has 1 aliphatic rings. The van der Waals surface area contributed by atoms with E-state index < -0.39 is 5.97 Å². The van der Waals surface area contributed by atoms with Gasteiger partial charge < -0.3 is 15.7 Å². The Morgan fingerprint density at radius 2 is 1.69 bits per heavy atom. The second-order valence-corrected chi connectivity index (χ2v) is 9.40. The van der Waals surface area contributed by atoms with Gasteiger partial charge in [0.05, 0.1) is 16.9 Å². The molecule has 0 spiro atoms. The molecule has 3 aromatic rings. The first-order valence-electron chi connectivity index (χ1n) is 12.4. The number of anilines is 1. The zero-order chi connectivity index (χ0) is 25.5. The van der Waals surface area contributed by atoms with Crippen molar-refractivity contribution in [2.24, 2.45) is 5.92 Å². The van der Waals surface area contributed by atoms with Crippen molar-refractivity contribution in [3.05, 3.63) is 77.6 Å².